The Morgan fingerprint density at radius 2 is 2.27 bits per heavy atom. The number of hydrogen-bond donors (Lipinski definition) is 1. The minimum atomic E-state index is 0.245. The molecule has 0 bridgehead atoms. The van der Waals surface area contributed by atoms with E-state index in [1.54, 1.807) is 12.5 Å². The highest BCUT2D eigenvalue weighted by Gasteiger charge is 2.31. The van der Waals surface area contributed by atoms with E-state index in [-0.39, 0.29) is 6.10 Å². The Labute approximate surface area is 89.8 Å². The SMILES string of the molecule is c1cc(C2OCCC2CNC2CC2)co1. The molecule has 1 aromatic rings. The summed E-state index contributed by atoms with van der Waals surface area (Å²) in [6.07, 6.45) is 7.64. The van der Waals surface area contributed by atoms with E-state index < -0.39 is 0 Å². The van der Waals surface area contributed by atoms with E-state index in [0.717, 1.165) is 25.6 Å². The van der Waals surface area contributed by atoms with Gasteiger partial charge in [-0.3, -0.25) is 0 Å². The molecule has 1 saturated heterocycles. The van der Waals surface area contributed by atoms with Crippen LogP contribution in [0.2, 0.25) is 0 Å². The first-order chi connectivity index (χ1) is 7.43. The molecular weight excluding hydrogens is 190 g/mol. The van der Waals surface area contributed by atoms with Crippen LogP contribution >= 0.6 is 0 Å². The molecule has 2 heterocycles. The van der Waals surface area contributed by atoms with Gasteiger partial charge in [0.05, 0.1) is 18.6 Å². The molecule has 2 unspecified atom stereocenters. The zero-order valence-electron chi connectivity index (χ0n) is 8.82. The lowest BCUT2D eigenvalue weighted by Gasteiger charge is -2.17. The van der Waals surface area contributed by atoms with Crippen LogP contribution in [0.1, 0.15) is 30.9 Å². The van der Waals surface area contributed by atoms with Crippen molar-refractivity contribution >= 4 is 0 Å². The van der Waals surface area contributed by atoms with Gasteiger partial charge in [-0.15, -0.1) is 0 Å². The molecule has 15 heavy (non-hydrogen) atoms. The molecule has 2 fully saturated rings. The monoisotopic (exact) mass is 207 g/mol. The van der Waals surface area contributed by atoms with Crippen molar-refractivity contribution < 1.29 is 9.15 Å². The Bertz CT molecular complexity index is 305. The minimum Gasteiger partial charge on any atom is -0.472 e. The van der Waals surface area contributed by atoms with E-state index in [9.17, 15) is 0 Å². The molecule has 3 nitrogen and oxygen atoms in total. The minimum absolute atomic E-state index is 0.245. The van der Waals surface area contributed by atoms with E-state index in [2.05, 4.69) is 5.32 Å². The van der Waals surface area contributed by atoms with Crippen LogP contribution in [0.5, 0.6) is 0 Å². The maximum atomic E-state index is 5.76. The van der Waals surface area contributed by atoms with Crippen LogP contribution in [-0.4, -0.2) is 19.2 Å². The Morgan fingerprint density at radius 1 is 1.33 bits per heavy atom. The van der Waals surface area contributed by atoms with Gasteiger partial charge in [-0.2, -0.15) is 0 Å². The topological polar surface area (TPSA) is 34.4 Å². The fourth-order valence-corrected chi connectivity index (χ4v) is 2.25. The average Bonchev–Trinajstić information content (AvgIpc) is 2.79. The second-order valence-electron chi connectivity index (χ2n) is 4.58. The largest absolute Gasteiger partial charge is 0.472 e. The lowest BCUT2D eigenvalue weighted by molar-refractivity contribution is 0.0899. The van der Waals surface area contributed by atoms with Crippen molar-refractivity contribution in [3.05, 3.63) is 24.2 Å². The third-order valence-electron chi connectivity index (χ3n) is 3.33. The second kappa shape index (κ2) is 3.99. The maximum Gasteiger partial charge on any atom is 0.0960 e. The van der Waals surface area contributed by atoms with Gasteiger partial charge in [-0.05, 0) is 25.3 Å². The summed E-state index contributed by atoms with van der Waals surface area (Å²) >= 11 is 0. The van der Waals surface area contributed by atoms with Crippen LogP contribution in [0, 0.1) is 5.92 Å². The van der Waals surface area contributed by atoms with Crippen molar-refractivity contribution in [1.29, 1.82) is 0 Å². The maximum absolute atomic E-state index is 5.76. The molecule has 2 atom stereocenters. The lowest BCUT2D eigenvalue weighted by atomic mass is 9.97. The molecule has 0 radical (unpaired) electrons. The molecule has 1 aliphatic carbocycles. The van der Waals surface area contributed by atoms with Crippen LogP contribution in [0.3, 0.4) is 0 Å². The van der Waals surface area contributed by atoms with Crippen LogP contribution < -0.4 is 5.32 Å². The van der Waals surface area contributed by atoms with Gasteiger partial charge in [-0.1, -0.05) is 0 Å². The highest BCUT2D eigenvalue weighted by atomic mass is 16.5. The van der Waals surface area contributed by atoms with Crippen molar-refractivity contribution in [2.45, 2.75) is 31.4 Å². The molecule has 1 aliphatic heterocycles. The first-order valence-corrected chi connectivity index (χ1v) is 5.80. The second-order valence-corrected chi connectivity index (χ2v) is 4.58. The van der Waals surface area contributed by atoms with Crippen molar-refractivity contribution in [3.8, 4) is 0 Å². The van der Waals surface area contributed by atoms with Crippen LogP contribution in [0.25, 0.3) is 0 Å². The highest BCUT2D eigenvalue weighted by Crippen LogP contribution is 2.34. The van der Waals surface area contributed by atoms with E-state index >= 15 is 0 Å². The van der Waals surface area contributed by atoms with Gasteiger partial charge in [0.15, 0.2) is 0 Å². The average molecular weight is 207 g/mol. The first-order valence-electron chi connectivity index (χ1n) is 5.80. The number of furan rings is 1. The molecule has 0 aromatic carbocycles. The number of ether oxygens (including phenoxy) is 1. The molecule has 0 amide bonds. The van der Waals surface area contributed by atoms with Gasteiger partial charge in [0, 0.05) is 30.7 Å². The fourth-order valence-electron chi connectivity index (χ4n) is 2.25. The highest BCUT2D eigenvalue weighted by molar-refractivity contribution is 5.12. The number of hydrogen-bond acceptors (Lipinski definition) is 3. The lowest BCUT2D eigenvalue weighted by Crippen LogP contribution is -2.26. The van der Waals surface area contributed by atoms with E-state index in [1.807, 2.05) is 6.07 Å². The summed E-state index contributed by atoms with van der Waals surface area (Å²) in [5.74, 6) is 0.614. The van der Waals surface area contributed by atoms with Gasteiger partial charge < -0.3 is 14.5 Å². The third kappa shape index (κ3) is 2.08. The molecule has 2 aliphatic rings. The van der Waals surface area contributed by atoms with Gasteiger partial charge in [-0.25, -0.2) is 0 Å². The summed E-state index contributed by atoms with van der Waals surface area (Å²) < 4.78 is 10.9. The normalized spacial score (nSPS) is 30.9. The molecule has 1 N–H and O–H groups in total. The number of rotatable bonds is 4. The van der Waals surface area contributed by atoms with Gasteiger partial charge in [0.25, 0.3) is 0 Å². The number of nitrogens with one attached hydrogen (secondary N) is 1. The van der Waals surface area contributed by atoms with Gasteiger partial charge >= 0.3 is 0 Å². The summed E-state index contributed by atoms with van der Waals surface area (Å²) in [5.41, 5.74) is 1.19. The predicted molar refractivity (Wildman–Crippen MR) is 56.5 cm³/mol. The fraction of sp³-hybridized carbons (Fsp3) is 0.667. The Morgan fingerprint density at radius 3 is 3.00 bits per heavy atom. The van der Waals surface area contributed by atoms with Crippen molar-refractivity contribution in [2.75, 3.05) is 13.2 Å². The predicted octanol–water partition coefficient (Wildman–Crippen LogP) is 2.11. The van der Waals surface area contributed by atoms with Crippen LogP contribution in [0.4, 0.5) is 0 Å². The zero-order valence-corrected chi connectivity index (χ0v) is 8.82. The summed E-state index contributed by atoms with van der Waals surface area (Å²) in [4.78, 5) is 0. The molecule has 82 valence electrons. The summed E-state index contributed by atoms with van der Waals surface area (Å²) in [5, 5.41) is 3.58. The molecule has 1 saturated carbocycles. The Balaban J connectivity index is 1.61. The standard InChI is InChI=1S/C12H17NO2/c1-2-11(1)13-7-9-4-6-15-12(9)10-3-5-14-8-10/h3,5,8-9,11-13H,1-2,4,6-7H2. The smallest absolute Gasteiger partial charge is 0.0960 e. The van der Waals surface area contributed by atoms with Crippen molar-refractivity contribution in [2.24, 2.45) is 5.92 Å². The van der Waals surface area contributed by atoms with Crippen molar-refractivity contribution in [1.82, 2.24) is 5.32 Å². The molecule has 3 heteroatoms. The first kappa shape index (κ1) is 9.43. The molecule has 1 aromatic heterocycles. The summed E-state index contributed by atoms with van der Waals surface area (Å²) in [6.45, 7) is 1.97. The van der Waals surface area contributed by atoms with Gasteiger partial charge in [0.1, 0.15) is 0 Å². The Kier molecular flexibility index (Phi) is 2.51. The van der Waals surface area contributed by atoms with E-state index in [0.29, 0.717) is 5.92 Å². The molecule has 0 spiro atoms. The van der Waals surface area contributed by atoms with Crippen LogP contribution in [0.15, 0.2) is 23.0 Å². The van der Waals surface area contributed by atoms with Crippen molar-refractivity contribution in [3.63, 3.8) is 0 Å². The Hall–Kier alpha value is -0.800. The quantitative estimate of drug-likeness (QED) is 0.821. The van der Waals surface area contributed by atoms with E-state index in [1.165, 1.54) is 18.4 Å². The molecule has 3 rings (SSSR count). The van der Waals surface area contributed by atoms with Gasteiger partial charge in [0.2, 0.25) is 0 Å². The summed E-state index contributed by atoms with van der Waals surface area (Å²) in [6, 6.07) is 2.80. The summed E-state index contributed by atoms with van der Waals surface area (Å²) in [7, 11) is 0. The molecular formula is C12H17NO2. The third-order valence-corrected chi connectivity index (χ3v) is 3.33. The van der Waals surface area contributed by atoms with E-state index in [4.69, 9.17) is 9.15 Å². The zero-order chi connectivity index (χ0) is 10.1. The van der Waals surface area contributed by atoms with Crippen LogP contribution in [-0.2, 0) is 4.74 Å².